The predicted molar refractivity (Wildman–Crippen MR) is 94.4 cm³/mol. The van der Waals surface area contributed by atoms with E-state index in [2.05, 4.69) is 5.28 Å². The Morgan fingerprint density at radius 1 is 1.07 bits per heavy atom. The SMILES string of the molecule is CCN(CC)/[N+]([O-])=N/O[C@@H]1O[C@H](COC(C)=O)[C@@H](OC(C)=O)[C@H](OC(C)=O)[C@H]1N. The van der Waals surface area contributed by atoms with Gasteiger partial charge in [0.2, 0.25) is 5.28 Å². The average molecular weight is 420 g/mol. The van der Waals surface area contributed by atoms with E-state index in [0.29, 0.717) is 13.1 Å². The Bertz CT molecular complexity index is 611. The van der Waals surface area contributed by atoms with Crippen LogP contribution in [0.15, 0.2) is 5.28 Å². The summed E-state index contributed by atoms with van der Waals surface area (Å²) in [6.07, 6.45) is -4.80. The number of hydrogen-bond donors (Lipinski definition) is 1. The number of carbonyl (C=O) groups is 3. The van der Waals surface area contributed by atoms with Crippen LogP contribution in [0.2, 0.25) is 0 Å². The molecule has 1 saturated heterocycles. The van der Waals surface area contributed by atoms with Crippen LogP contribution in [0.25, 0.3) is 0 Å². The molecule has 0 saturated carbocycles. The minimum absolute atomic E-state index is 0.232. The number of ether oxygens (including phenoxy) is 4. The summed E-state index contributed by atoms with van der Waals surface area (Å²) in [7, 11) is 0. The number of carbonyl (C=O) groups excluding carboxylic acids is 3. The standard InChI is InChI=1S/C16H28N4O9/c1-6-19(7-2)20(24)18-29-16-13(17)15(27-11(5)23)14(26-10(4)22)12(28-16)8-25-9(3)21/h12-16H,6-8,17H2,1-5H3/b20-18-/t12-,13-,14-,15-,16+/m1/s1. The first kappa shape index (κ1) is 24.4. The van der Waals surface area contributed by atoms with Crippen molar-refractivity contribution in [2.24, 2.45) is 11.0 Å². The van der Waals surface area contributed by atoms with E-state index in [1.54, 1.807) is 13.8 Å². The highest BCUT2D eigenvalue weighted by molar-refractivity contribution is 5.67. The molecule has 1 heterocycles. The number of nitrogens with zero attached hydrogens (tertiary/aromatic N) is 3. The normalized spacial score (nSPS) is 27.0. The quantitative estimate of drug-likeness (QED) is 0.170. The molecular formula is C16H28N4O9. The predicted octanol–water partition coefficient (Wildman–Crippen LogP) is -0.384. The second kappa shape index (κ2) is 11.4. The molecule has 2 N–H and O–H groups in total. The number of nitrogens with two attached hydrogens (primary N) is 1. The summed E-state index contributed by atoms with van der Waals surface area (Å²) in [6, 6.07) is -1.16. The zero-order valence-electron chi connectivity index (χ0n) is 17.1. The van der Waals surface area contributed by atoms with Gasteiger partial charge in [-0.25, -0.2) is 0 Å². The fraction of sp³-hybridized carbons (Fsp3) is 0.812. The minimum Gasteiger partial charge on any atom is -0.569 e. The Kier molecular flexibility index (Phi) is 9.55. The molecular weight excluding hydrogens is 392 g/mol. The van der Waals surface area contributed by atoms with Crippen molar-refractivity contribution in [1.29, 1.82) is 0 Å². The lowest BCUT2D eigenvalue weighted by molar-refractivity contribution is -0.712. The van der Waals surface area contributed by atoms with Gasteiger partial charge in [-0.2, -0.15) is 0 Å². The van der Waals surface area contributed by atoms with Gasteiger partial charge in [0.1, 0.15) is 18.8 Å². The fourth-order valence-corrected chi connectivity index (χ4v) is 2.63. The molecule has 0 unspecified atom stereocenters. The number of hydrogen-bond acceptors (Lipinski definition) is 11. The maximum atomic E-state index is 12.0. The second-order valence-corrected chi connectivity index (χ2v) is 6.15. The molecule has 29 heavy (non-hydrogen) atoms. The first-order chi connectivity index (χ1) is 13.6. The van der Waals surface area contributed by atoms with Crippen molar-refractivity contribution in [2.75, 3.05) is 19.7 Å². The van der Waals surface area contributed by atoms with Crippen LogP contribution in [0.1, 0.15) is 34.6 Å². The van der Waals surface area contributed by atoms with E-state index in [1.807, 2.05) is 0 Å². The van der Waals surface area contributed by atoms with Gasteiger partial charge in [-0.3, -0.25) is 14.4 Å². The lowest BCUT2D eigenvalue weighted by atomic mass is 9.97. The van der Waals surface area contributed by atoms with Gasteiger partial charge in [-0.1, -0.05) is 0 Å². The monoisotopic (exact) mass is 420 g/mol. The van der Waals surface area contributed by atoms with Crippen molar-refractivity contribution in [3.63, 3.8) is 0 Å². The van der Waals surface area contributed by atoms with Crippen molar-refractivity contribution < 1.29 is 43.1 Å². The third kappa shape index (κ3) is 7.34. The van der Waals surface area contributed by atoms with Gasteiger partial charge in [0.25, 0.3) is 6.29 Å². The van der Waals surface area contributed by atoms with E-state index in [0.717, 1.165) is 13.8 Å². The summed E-state index contributed by atoms with van der Waals surface area (Å²) in [5.41, 5.74) is 6.06. The third-order valence-electron chi connectivity index (χ3n) is 3.94. The van der Waals surface area contributed by atoms with Crippen molar-refractivity contribution in [2.45, 2.75) is 65.3 Å². The maximum absolute atomic E-state index is 12.0. The third-order valence-corrected chi connectivity index (χ3v) is 3.94. The van der Waals surface area contributed by atoms with Crippen molar-refractivity contribution in [1.82, 2.24) is 5.01 Å². The van der Waals surface area contributed by atoms with Gasteiger partial charge < -0.3 is 34.7 Å². The molecule has 0 aromatic heterocycles. The van der Waals surface area contributed by atoms with Crippen LogP contribution in [-0.2, 0) is 38.2 Å². The van der Waals surface area contributed by atoms with Crippen molar-refractivity contribution >= 4 is 17.9 Å². The summed E-state index contributed by atoms with van der Waals surface area (Å²) < 4.78 is 20.9. The molecule has 1 aliphatic rings. The van der Waals surface area contributed by atoms with E-state index in [-0.39, 0.29) is 11.6 Å². The molecule has 0 aromatic rings. The topological polar surface area (TPSA) is 165 Å². The molecule has 0 aliphatic carbocycles. The average Bonchev–Trinajstić information content (AvgIpc) is 2.63. The molecule has 166 valence electrons. The van der Waals surface area contributed by atoms with Gasteiger partial charge in [0.15, 0.2) is 12.2 Å². The van der Waals surface area contributed by atoms with Gasteiger partial charge in [0, 0.05) is 20.8 Å². The van der Waals surface area contributed by atoms with E-state index in [4.69, 9.17) is 29.5 Å². The van der Waals surface area contributed by atoms with Gasteiger partial charge in [-0.15, -0.1) is 5.01 Å². The van der Waals surface area contributed by atoms with Crippen LogP contribution in [0, 0.1) is 5.21 Å². The van der Waals surface area contributed by atoms with E-state index in [1.165, 1.54) is 11.9 Å². The van der Waals surface area contributed by atoms with Gasteiger partial charge in [0.05, 0.1) is 18.1 Å². The van der Waals surface area contributed by atoms with Gasteiger partial charge in [-0.05, 0) is 13.8 Å². The zero-order valence-corrected chi connectivity index (χ0v) is 17.1. The Hall–Kier alpha value is -2.67. The lowest BCUT2D eigenvalue weighted by Gasteiger charge is -2.41. The molecule has 0 spiro atoms. The Balaban J connectivity index is 3.11. The fourth-order valence-electron chi connectivity index (χ4n) is 2.63. The van der Waals surface area contributed by atoms with E-state index < -0.39 is 48.6 Å². The molecule has 0 aromatic carbocycles. The van der Waals surface area contributed by atoms with Crippen molar-refractivity contribution in [3.05, 3.63) is 5.21 Å². The maximum Gasteiger partial charge on any atom is 0.303 e. The summed E-state index contributed by atoms with van der Waals surface area (Å²) in [6.45, 7) is 7.40. The number of esters is 3. The van der Waals surface area contributed by atoms with Crippen LogP contribution in [-0.4, -0.2) is 78.2 Å². The first-order valence-corrected chi connectivity index (χ1v) is 9.08. The number of rotatable bonds is 9. The Morgan fingerprint density at radius 3 is 2.10 bits per heavy atom. The minimum atomic E-state index is -1.35. The summed E-state index contributed by atoms with van der Waals surface area (Å²) in [4.78, 5) is 39.6. The Labute approximate surface area is 168 Å². The van der Waals surface area contributed by atoms with Crippen LogP contribution >= 0.6 is 0 Å². The molecule has 0 bridgehead atoms. The van der Waals surface area contributed by atoms with E-state index in [9.17, 15) is 19.6 Å². The highest BCUT2D eigenvalue weighted by Crippen LogP contribution is 2.26. The molecule has 1 aliphatic heterocycles. The highest BCUT2D eigenvalue weighted by Gasteiger charge is 2.50. The zero-order chi connectivity index (χ0) is 22.1. The summed E-state index contributed by atoms with van der Waals surface area (Å²) >= 11 is 0. The van der Waals surface area contributed by atoms with Crippen LogP contribution < -0.4 is 5.73 Å². The molecule has 0 amide bonds. The summed E-state index contributed by atoms with van der Waals surface area (Å²) in [5, 5.41) is 16.7. The molecule has 0 radical (unpaired) electrons. The molecule has 13 nitrogen and oxygen atoms in total. The summed E-state index contributed by atoms with van der Waals surface area (Å²) in [5.74, 6) is -1.99. The molecule has 1 fully saturated rings. The number of hydrazine groups is 1. The largest absolute Gasteiger partial charge is 0.569 e. The van der Waals surface area contributed by atoms with Crippen LogP contribution in [0.3, 0.4) is 0 Å². The molecule has 13 heteroatoms. The first-order valence-electron chi connectivity index (χ1n) is 9.08. The Morgan fingerprint density at radius 2 is 1.62 bits per heavy atom. The smallest absolute Gasteiger partial charge is 0.303 e. The van der Waals surface area contributed by atoms with Gasteiger partial charge >= 0.3 is 17.9 Å². The van der Waals surface area contributed by atoms with E-state index >= 15 is 0 Å². The lowest BCUT2D eigenvalue weighted by Crippen LogP contribution is -2.64. The molecule has 1 rings (SSSR count). The van der Waals surface area contributed by atoms with Crippen LogP contribution in [0.4, 0.5) is 0 Å². The van der Waals surface area contributed by atoms with Crippen molar-refractivity contribution in [3.8, 4) is 0 Å². The second-order valence-electron chi connectivity index (χ2n) is 6.15. The molecule has 5 atom stereocenters. The highest BCUT2D eigenvalue weighted by atomic mass is 16.8. The van der Waals surface area contributed by atoms with Crippen LogP contribution in [0.5, 0.6) is 0 Å².